The first-order valence-electron chi connectivity index (χ1n) is 8.94. The summed E-state index contributed by atoms with van der Waals surface area (Å²) in [5, 5.41) is 28.4. The molecule has 0 atom stereocenters. The Labute approximate surface area is 171 Å². The van der Waals surface area contributed by atoms with Gasteiger partial charge < -0.3 is 25.1 Å². The van der Waals surface area contributed by atoms with Gasteiger partial charge in [0.1, 0.15) is 18.3 Å². The second kappa shape index (κ2) is 11.3. The molecule has 0 saturated heterocycles. The highest BCUT2D eigenvalue weighted by atomic mass is 17.2. The van der Waals surface area contributed by atoms with Crippen LogP contribution < -0.4 is 16.2 Å². The van der Waals surface area contributed by atoms with E-state index >= 15 is 0 Å². The number of hydrogen-bond acceptors (Lipinski definition) is 10. The number of nitrogens with zero attached hydrogens (tertiary/aromatic N) is 3. The molecule has 0 spiro atoms. The quantitative estimate of drug-likeness (QED) is 0.203. The fraction of sp³-hybridized carbons (Fsp3) is 0.500. The van der Waals surface area contributed by atoms with E-state index in [1.807, 2.05) is 6.92 Å². The first kappa shape index (κ1) is 25.1. The van der Waals surface area contributed by atoms with E-state index in [2.05, 4.69) is 15.0 Å². The van der Waals surface area contributed by atoms with Crippen LogP contribution in [0, 0.1) is 27.7 Å². The van der Waals surface area contributed by atoms with Gasteiger partial charge in [-0.1, -0.05) is 0 Å². The number of aliphatic hydroxyl groups excluding tert-OH is 1. The molecule has 3 N–H and O–H groups in total. The fourth-order valence-corrected chi connectivity index (χ4v) is 2.53. The Morgan fingerprint density at radius 1 is 1.13 bits per heavy atom. The first-order valence-corrected chi connectivity index (χ1v) is 8.94. The summed E-state index contributed by atoms with van der Waals surface area (Å²) in [6.07, 6.45) is -1.98. The molecule has 0 unspecified atom stereocenters. The van der Waals surface area contributed by atoms with Gasteiger partial charge in [0.05, 0.1) is 41.6 Å². The number of aryl methyl sites for hydroxylation is 4. The first-order chi connectivity index (χ1) is 14.0. The van der Waals surface area contributed by atoms with Gasteiger partial charge in [-0.2, -0.15) is 0 Å². The summed E-state index contributed by atoms with van der Waals surface area (Å²) in [7, 11) is 0. The van der Waals surface area contributed by atoms with Gasteiger partial charge >= 0.3 is 0 Å². The third-order valence-electron chi connectivity index (χ3n) is 3.88. The highest BCUT2D eigenvalue weighted by Gasteiger charge is 2.17. The molecular formula is C18H25N4O8-. The Morgan fingerprint density at radius 2 is 1.77 bits per heavy atom. The minimum absolute atomic E-state index is 0.127. The minimum Gasteiger partial charge on any atom is -0.548 e. The van der Waals surface area contributed by atoms with Gasteiger partial charge in [-0.3, -0.25) is 14.2 Å². The highest BCUT2D eigenvalue weighted by Crippen LogP contribution is 2.09. The lowest BCUT2D eigenvalue weighted by Crippen LogP contribution is -2.37. The molecule has 0 amide bonds. The molecule has 0 aliphatic heterocycles. The summed E-state index contributed by atoms with van der Waals surface area (Å²) in [5.74, 6) is -0.669. The van der Waals surface area contributed by atoms with Crippen LogP contribution in [-0.4, -0.2) is 42.3 Å². The third kappa shape index (κ3) is 6.84. The van der Waals surface area contributed by atoms with E-state index in [4.69, 9.17) is 20.0 Å². The molecule has 166 valence electrons. The Hall–Kier alpha value is -2.93. The van der Waals surface area contributed by atoms with Crippen molar-refractivity contribution in [2.24, 2.45) is 0 Å². The standard InChI is InChI=1S/C9H12N2O5.C9H14N2O3/c1-4-7(9(15)16)8(14)11(3-6(12)13)5(2)10-4;1-4-13-14-5-8-6(2)10-7(3)11-9(8)12/h9,15-16H,3H2,1-2H3,(H,12,13);4-5H2,1-3H3,(H,10,11,12)/p-1. The van der Waals surface area contributed by atoms with Gasteiger partial charge in [-0.15, -0.1) is 0 Å². The predicted molar refractivity (Wildman–Crippen MR) is 101 cm³/mol. The van der Waals surface area contributed by atoms with Gasteiger partial charge in [-0.25, -0.2) is 19.7 Å². The molecule has 30 heavy (non-hydrogen) atoms. The second-order valence-electron chi connectivity index (χ2n) is 6.18. The lowest BCUT2D eigenvalue weighted by Gasteiger charge is -2.14. The molecule has 2 aromatic rings. The highest BCUT2D eigenvalue weighted by molar-refractivity contribution is 5.64. The Kier molecular flexibility index (Phi) is 9.46. The number of aliphatic carboxylic acids is 1. The van der Waals surface area contributed by atoms with Crippen LogP contribution in [0.15, 0.2) is 9.59 Å². The summed E-state index contributed by atoms with van der Waals surface area (Å²) in [6, 6.07) is 0. The van der Waals surface area contributed by atoms with Gasteiger partial charge in [0.25, 0.3) is 11.1 Å². The number of nitrogens with one attached hydrogen (secondary N) is 1. The van der Waals surface area contributed by atoms with Crippen molar-refractivity contribution in [1.29, 1.82) is 0 Å². The smallest absolute Gasteiger partial charge is 0.262 e. The molecule has 0 bridgehead atoms. The van der Waals surface area contributed by atoms with Crippen molar-refractivity contribution in [3.05, 3.63) is 54.9 Å². The number of hydrogen-bond donors (Lipinski definition) is 3. The molecule has 12 nitrogen and oxygen atoms in total. The number of carbonyl (C=O) groups is 1. The van der Waals surface area contributed by atoms with Gasteiger partial charge in [-0.05, 0) is 34.6 Å². The molecule has 0 saturated carbocycles. The van der Waals surface area contributed by atoms with Crippen LogP contribution in [0.2, 0.25) is 0 Å². The van der Waals surface area contributed by atoms with E-state index in [1.165, 1.54) is 13.8 Å². The number of aromatic amines is 1. The number of H-pyrrole nitrogens is 1. The summed E-state index contributed by atoms with van der Waals surface area (Å²) in [6.45, 7) is 8.12. The van der Waals surface area contributed by atoms with Gasteiger partial charge in [0.15, 0.2) is 6.29 Å². The number of rotatable bonds is 7. The molecule has 2 rings (SSSR count). The molecule has 0 fully saturated rings. The van der Waals surface area contributed by atoms with Crippen molar-refractivity contribution < 1.29 is 29.9 Å². The summed E-state index contributed by atoms with van der Waals surface area (Å²) in [5.41, 5.74) is 0.0489. The molecule has 2 heterocycles. The van der Waals surface area contributed by atoms with E-state index in [9.17, 15) is 19.5 Å². The molecular weight excluding hydrogens is 400 g/mol. The van der Waals surface area contributed by atoms with Crippen LogP contribution in [0.4, 0.5) is 0 Å². The molecule has 12 heteroatoms. The zero-order valence-electron chi connectivity index (χ0n) is 17.4. The number of carboxylic acid groups (broad SMARTS) is 1. The van der Waals surface area contributed by atoms with Crippen molar-refractivity contribution in [2.45, 2.75) is 54.1 Å². The minimum atomic E-state index is -1.98. The van der Waals surface area contributed by atoms with E-state index in [1.54, 1.807) is 13.8 Å². The lowest BCUT2D eigenvalue weighted by molar-refractivity contribution is -0.306. The Bertz CT molecular complexity index is 997. The van der Waals surface area contributed by atoms with Crippen LogP contribution in [-0.2, 0) is 27.7 Å². The zero-order chi connectivity index (χ0) is 23.0. The van der Waals surface area contributed by atoms with Crippen molar-refractivity contribution in [3.63, 3.8) is 0 Å². The maximum absolute atomic E-state index is 11.7. The van der Waals surface area contributed by atoms with Crippen molar-refractivity contribution in [1.82, 2.24) is 19.5 Å². The van der Waals surface area contributed by atoms with Crippen LogP contribution in [0.25, 0.3) is 0 Å². The maximum atomic E-state index is 11.7. The number of aliphatic hydroxyl groups is 2. The van der Waals surface area contributed by atoms with Crippen molar-refractivity contribution >= 4 is 5.97 Å². The van der Waals surface area contributed by atoms with Crippen LogP contribution in [0.5, 0.6) is 0 Å². The van der Waals surface area contributed by atoms with Crippen LogP contribution in [0.1, 0.15) is 47.4 Å². The van der Waals surface area contributed by atoms with E-state index in [0.717, 1.165) is 4.57 Å². The SMILES string of the molecule is CCOOCc1c(C)nc(C)[nH]c1=O.Cc1nc(C)n(CC(=O)[O-])c(=O)c1C(O)O. The van der Waals surface area contributed by atoms with Gasteiger partial charge in [0.2, 0.25) is 0 Å². The fourth-order valence-electron chi connectivity index (χ4n) is 2.53. The van der Waals surface area contributed by atoms with Gasteiger partial charge in [0, 0.05) is 0 Å². The normalized spacial score (nSPS) is 10.7. The Morgan fingerprint density at radius 3 is 2.27 bits per heavy atom. The third-order valence-corrected chi connectivity index (χ3v) is 3.88. The summed E-state index contributed by atoms with van der Waals surface area (Å²) < 4.78 is 0.817. The molecule has 0 aliphatic carbocycles. The summed E-state index contributed by atoms with van der Waals surface area (Å²) >= 11 is 0. The summed E-state index contributed by atoms with van der Waals surface area (Å²) in [4.78, 5) is 53.6. The van der Waals surface area contributed by atoms with Crippen LogP contribution >= 0.6 is 0 Å². The molecule has 0 radical (unpaired) electrons. The van der Waals surface area contributed by atoms with Crippen LogP contribution in [0.3, 0.4) is 0 Å². The number of aromatic nitrogens is 4. The average Bonchev–Trinajstić information content (AvgIpc) is 2.60. The topological polar surface area (TPSA) is 180 Å². The van der Waals surface area contributed by atoms with E-state index in [-0.39, 0.29) is 29.2 Å². The predicted octanol–water partition coefficient (Wildman–Crippen LogP) is -1.55. The Balaban J connectivity index is 0.000000303. The monoisotopic (exact) mass is 425 g/mol. The second-order valence-corrected chi connectivity index (χ2v) is 6.18. The largest absolute Gasteiger partial charge is 0.548 e. The van der Waals surface area contributed by atoms with Crippen molar-refractivity contribution in [3.8, 4) is 0 Å². The number of carboxylic acids is 1. The molecule has 0 aliphatic rings. The lowest BCUT2D eigenvalue weighted by atomic mass is 10.2. The average molecular weight is 425 g/mol. The molecule has 0 aromatic carbocycles. The maximum Gasteiger partial charge on any atom is 0.262 e. The zero-order valence-corrected chi connectivity index (χ0v) is 17.4. The van der Waals surface area contributed by atoms with E-state index < -0.39 is 24.4 Å². The number of carbonyl (C=O) groups excluding carboxylic acids is 1. The van der Waals surface area contributed by atoms with Crippen molar-refractivity contribution in [2.75, 3.05) is 6.61 Å². The van der Waals surface area contributed by atoms with E-state index in [0.29, 0.717) is 23.7 Å². The molecule has 2 aromatic heterocycles.